The van der Waals surface area contributed by atoms with Crippen LogP contribution in [0.5, 0.6) is 0 Å². The normalized spacial score (nSPS) is 16.9. The fourth-order valence-electron chi connectivity index (χ4n) is 1.19. The monoisotopic (exact) mass is 230 g/mol. The van der Waals surface area contributed by atoms with Crippen LogP contribution in [-0.4, -0.2) is 36.2 Å². The van der Waals surface area contributed by atoms with Gasteiger partial charge >= 0.3 is 0 Å². The third-order valence-corrected chi connectivity index (χ3v) is 2.89. The number of rotatable bonds is 7. The van der Waals surface area contributed by atoms with Crippen LogP contribution in [0, 0.1) is 5.41 Å². The van der Waals surface area contributed by atoms with Gasteiger partial charge in [0, 0.05) is 24.6 Å². The van der Waals surface area contributed by atoms with Crippen molar-refractivity contribution in [3.8, 4) is 0 Å². The van der Waals surface area contributed by atoms with Crippen LogP contribution in [-0.2, 0) is 4.79 Å². The molecule has 0 fully saturated rings. The molecule has 3 N–H and O–H groups in total. The number of hydrogen-bond donors (Lipinski definition) is 3. The topological polar surface area (TPSA) is 61.4 Å². The highest BCUT2D eigenvalue weighted by molar-refractivity contribution is 5.81. The molecule has 16 heavy (non-hydrogen) atoms. The minimum absolute atomic E-state index is 0.00592. The molecule has 4 nitrogen and oxygen atoms in total. The molecule has 0 saturated carbocycles. The van der Waals surface area contributed by atoms with Crippen LogP contribution < -0.4 is 10.6 Å². The minimum Gasteiger partial charge on any atom is -0.396 e. The van der Waals surface area contributed by atoms with Gasteiger partial charge in [0.1, 0.15) is 0 Å². The largest absolute Gasteiger partial charge is 0.396 e. The molecule has 0 spiro atoms. The zero-order valence-electron chi connectivity index (χ0n) is 11.1. The summed E-state index contributed by atoms with van der Waals surface area (Å²) >= 11 is 0. The number of amides is 1. The predicted octanol–water partition coefficient (Wildman–Crippen LogP) is 0.898. The first-order valence-corrected chi connectivity index (χ1v) is 5.99. The molecule has 0 aromatic carbocycles. The summed E-state index contributed by atoms with van der Waals surface area (Å²) in [6.07, 6.45) is 0.884. The number of hydrogen-bond acceptors (Lipinski definition) is 3. The summed E-state index contributed by atoms with van der Waals surface area (Å²) in [6.45, 7) is 10.5. The van der Waals surface area contributed by atoms with E-state index in [1.165, 1.54) is 0 Å². The molecular weight excluding hydrogens is 204 g/mol. The van der Waals surface area contributed by atoms with Crippen LogP contribution >= 0.6 is 0 Å². The number of carbonyl (C=O) groups is 1. The van der Waals surface area contributed by atoms with Crippen molar-refractivity contribution in [1.29, 1.82) is 0 Å². The highest BCUT2D eigenvalue weighted by Crippen LogP contribution is 2.18. The smallest absolute Gasteiger partial charge is 0.237 e. The Morgan fingerprint density at radius 2 is 1.94 bits per heavy atom. The fourth-order valence-corrected chi connectivity index (χ4v) is 1.19. The van der Waals surface area contributed by atoms with Crippen molar-refractivity contribution in [2.24, 2.45) is 5.41 Å². The Hall–Kier alpha value is -0.610. The molecule has 0 bridgehead atoms. The van der Waals surface area contributed by atoms with E-state index in [4.69, 9.17) is 0 Å². The molecule has 2 unspecified atom stereocenters. The fraction of sp³-hybridized carbons (Fsp3) is 0.917. The molecule has 1 amide bonds. The van der Waals surface area contributed by atoms with Gasteiger partial charge in [-0.1, -0.05) is 13.8 Å². The van der Waals surface area contributed by atoms with E-state index in [1.54, 1.807) is 0 Å². The van der Waals surface area contributed by atoms with Gasteiger partial charge in [-0.05, 0) is 27.2 Å². The first-order valence-electron chi connectivity index (χ1n) is 5.99. The summed E-state index contributed by atoms with van der Waals surface area (Å²) in [5.74, 6) is 0.00592. The van der Waals surface area contributed by atoms with Crippen LogP contribution in [0.25, 0.3) is 0 Å². The van der Waals surface area contributed by atoms with Crippen molar-refractivity contribution >= 4 is 5.91 Å². The minimum atomic E-state index is -0.222. The maximum absolute atomic E-state index is 11.6. The zero-order valence-corrected chi connectivity index (χ0v) is 11.1. The molecule has 0 heterocycles. The summed E-state index contributed by atoms with van der Waals surface area (Å²) in [4.78, 5) is 11.6. The molecule has 0 aromatic heterocycles. The third-order valence-electron chi connectivity index (χ3n) is 2.89. The molecule has 0 aromatic rings. The lowest BCUT2D eigenvalue weighted by Crippen LogP contribution is -2.48. The van der Waals surface area contributed by atoms with E-state index >= 15 is 0 Å². The molecule has 0 radical (unpaired) electrons. The number of carbonyl (C=O) groups excluding carboxylic acids is 1. The molecule has 0 saturated heterocycles. The number of nitrogens with one attached hydrogen (secondary N) is 2. The second-order valence-corrected chi connectivity index (χ2v) is 5.09. The molecular formula is C12H26N2O2. The quantitative estimate of drug-likeness (QED) is 0.609. The van der Waals surface area contributed by atoms with E-state index in [9.17, 15) is 9.90 Å². The van der Waals surface area contributed by atoms with E-state index in [2.05, 4.69) is 10.6 Å². The van der Waals surface area contributed by atoms with Crippen molar-refractivity contribution in [3.05, 3.63) is 0 Å². The van der Waals surface area contributed by atoms with E-state index in [-0.39, 0.29) is 30.0 Å². The Kier molecular flexibility index (Phi) is 6.60. The van der Waals surface area contributed by atoms with Crippen molar-refractivity contribution in [2.45, 2.75) is 53.1 Å². The van der Waals surface area contributed by atoms with Gasteiger partial charge in [0.15, 0.2) is 0 Å². The number of aliphatic hydroxyl groups is 1. The van der Waals surface area contributed by atoms with Crippen molar-refractivity contribution in [1.82, 2.24) is 10.6 Å². The van der Waals surface area contributed by atoms with Gasteiger partial charge in [-0.25, -0.2) is 0 Å². The number of aliphatic hydroxyl groups excluding tert-OH is 1. The molecule has 0 aliphatic heterocycles. The van der Waals surface area contributed by atoms with Crippen LogP contribution in [0.4, 0.5) is 0 Å². The molecule has 2 atom stereocenters. The van der Waals surface area contributed by atoms with Crippen LogP contribution in [0.3, 0.4) is 0 Å². The average Bonchev–Trinajstić information content (AvgIpc) is 2.24. The molecule has 4 heteroatoms. The van der Waals surface area contributed by atoms with Gasteiger partial charge in [0.05, 0.1) is 6.04 Å². The van der Waals surface area contributed by atoms with E-state index in [1.807, 2.05) is 34.6 Å². The molecule has 0 rings (SSSR count). The summed E-state index contributed by atoms with van der Waals surface area (Å²) in [7, 11) is 0. The first kappa shape index (κ1) is 15.4. The average molecular weight is 230 g/mol. The molecule has 0 aliphatic carbocycles. The summed E-state index contributed by atoms with van der Waals surface area (Å²) in [6, 6.07) is -0.0630. The maximum atomic E-state index is 11.6. The zero-order chi connectivity index (χ0) is 12.8. The maximum Gasteiger partial charge on any atom is 0.237 e. The van der Waals surface area contributed by atoms with E-state index in [0.717, 1.165) is 6.42 Å². The Morgan fingerprint density at radius 1 is 1.38 bits per heavy atom. The lowest BCUT2D eigenvalue weighted by molar-refractivity contribution is -0.123. The van der Waals surface area contributed by atoms with E-state index < -0.39 is 0 Å². The van der Waals surface area contributed by atoms with Crippen LogP contribution in [0.1, 0.15) is 41.0 Å². The second kappa shape index (κ2) is 6.86. The van der Waals surface area contributed by atoms with E-state index in [0.29, 0.717) is 6.54 Å². The summed E-state index contributed by atoms with van der Waals surface area (Å²) in [5.41, 5.74) is -0.146. The van der Waals surface area contributed by atoms with Gasteiger partial charge < -0.3 is 15.7 Å². The van der Waals surface area contributed by atoms with Crippen LogP contribution in [0.2, 0.25) is 0 Å². The van der Waals surface area contributed by atoms with Gasteiger partial charge in [-0.15, -0.1) is 0 Å². The lowest BCUT2D eigenvalue weighted by atomic mass is 9.88. The predicted molar refractivity (Wildman–Crippen MR) is 66.2 cm³/mol. The molecule has 96 valence electrons. The van der Waals surface area contributed by atoms with Crippen molar-refractivity contribution in [3.63, 3.8) is 0 Å². The van der Waals surface area contributed by atoms with Crippen molar-refractivity contribution < 1.29 is 9.90 Å². The summed E-state index contributed by atoms with van der Waals surface area (Å²) in [5, 5.41) is 15.3. The highest BCUT2D eigenvalue weighted by atomic mass is 16.3. The lowest BCUT2D eigenvalue weighted by Gasteiger charge is -2.28. The first-order chi connectivity index (χ1) is 7.34. The van der Waals surface area contributed by atoms with Gasteiger partial charge in [-0.2, -0.15) is 0 Å². The standard InChI is InChI=1S/C12H26N2O2/c1-6-12(5,8-15)7-13-10(4)11(16)14-9(2)3/h9-10,13,15H,6-8H2,1-5H3,(H,14,16). The Bertz CT molecular complexity index is 213. The third kappa shape index (κ3) is 5.47. The highest BCUT2D eigenvalue weighted by Gasteiger charge is 2.23. The van der Waals surface area contributed by atoms with Gasteiger partial charge in [-0.3, -0.25) is 4.79 Å². The SMILES string of the molecule is CCC(C)(CO)CNC(C)C(=O)NC(C)C. The molecule has 0 aliphatic rings. The van der Waals surface area contributed by atoms with Gasteiger partial charge in [0.2, 0.25) is 5.91 Å². The Morgan fingerprint density at radius 3 is 2.31 bits per heavy atom. The van der Waals surface area contributed by atoms with Crippen LogP contribution in [0.15, 0.2) is 0 Å². The second-order valence-electron chi connectivity index (χ2n) is 5.09. The Balaban J connectivity index is 4.05. The van der Waals surface area contributed by atoms with Gasteiger partial charge in [0.25, 0.3) is 0 Å². The van der Waals surface area contributed by atoms with Crippen molar-refractivity contribution in [2.75, 3.05) is 13.2 Å². The summed E-state index contributed by atoms with van der Waals surface area (Å²) < 4.78 is 0. The Labute approximate surface area is 98.8 Å².